The predicted octanol–water partition coefficient (Wildman–Crippen LogP) is 4.39. The van der Waals surface area contributed by atoms with E-state index in [-0.39, 0.29) is 24.0 Å². The van der Waals surface area contributed by atoms with E-state index in [0.717, 1.165) is 12.8 Å². The van der Waals surface area contributed by atoms with E-state index in [1.54, 1.807) is 24.3 Å². The highest BCUT2D eigenvalue weighted by molar-refractivity contribution is 5.95. The summed E-state index contributed by atoms with van der Waals surface area (Å²) >= 11 is 0. The number of rotatable bonds is 12. The number of aliphatic carboxylic acids is 1. The average molecular weight is 358 g/mol. The van der Waals surface area contributed by atoms with Gasteiger partial charge in [0.1, 0.15) is 0 Å². The summed E-state index contributed by atoms with van der Waals surface area (Å²) in [5.74, 6) is -0.759. The van der Waals surface area contributed by atoms with E-state index in [1.165, 1.54) is 0 Å². The summed E-state index contributed by atoms with van der Waals surface area (Å²) in [6.45, 7) is 2.10. The van der Waals surface area contributed by atoms with Crippen molar-refractivity contribution in [2.24, 2.45) is 11.8 Å². The van der Waals surface area contributed by atoms with Gasteiger partial charge in [-0.2, -0.15) is 0 Å². The van der Waals surface area contributed by atoms with Crippen LogP contribution < -0.4 is 0 Å². The Hall–Kier alpha value is -2.20. The van der Waals surface area contributed by atoms with Crippen LogP contribution in [0, 0.1) is 11.8 Å². The number of carboxylic acids is 1. The average Bonchev–Trinajstić information content (AvgIpc) is 2.95. The lowest BCUT2D eigenvalue weighted by Gasteiger charge is -2.13. The van der Waals surface area contributed by atoms with Gasteiger partial charge in [-0.15, -0.1) is 0 Å². The monoisotopic (exact) mass is 358 g/mol. The molecule has 0 bridgehead atoms. The zero-order chi connectivity index (χ0) is 19.2. The van der Waals surface area contributed by atoms with Crippen molar-refractivity contribution in [2.75, 3.05) is 0 Å². The molecule has 0 unspecified atom stereocenters. The summed E-state index contributed by atoms with van der Waals surface area (Å²) in [5, 5.41) is 18.5. The fraction of sp³-hybridized carbons (Fsp3) is 0.455. The van der Waals surface area contributed by atoms with E-state index >= 15 is 0 Å². The second-order valence-electron chi connectivity index (χ2n) is 6.36. The van der Waals surface area contributed by atoms with Crippen molar-refractivity contribution in [1.29, 1.82) is 0 Å². The van der Waals surface area contributed by atoms with Gasteiger partial charge in [0.25, 0.3) is 0 Å². The van der Waals surface area contributed by atoms with Crippen LogP contribution in [0.15, 0.2) is 60.8 Å². The minimum atomic E-state index is -0.825. The molecule has 0 amide bonds. The van der Waals surface area contributed by atoms with Crippen LogP contribution in [0.4, 0.5) is 0 Å². The van der Waals surface area contributed by atoms with Crippen molar-refractivity contribution in [3.05, 3.63) is 60.8 Å². The molecular formula is C22H30O4. The van der Waals surface area contributed by atoms with E-state index < -0.39 is 12.1 Å². The maximum absolute atomic E-state index is 12.0. The first kappa shape index (κ1) is 21.8. The first-order chi connectivity index (χ1) is 12.5. The number of ketones is 1. The summed E-state index contributed by atoms with van der Waals surface area (Å²) in [7, 11) is 0. The molecule has 26 heavy (non-hydrogen) atoms. The number of allylic oxidation sites excluding steroid dienone is 8. The molecule has 1 aliphatic rings. The van der Waals surface area contributed by atoms with Crippen molar-refractivity contribution in [3.8, 4) is 0 Å². The van der Waals surface area contributed by atoms with E-state index in [9.17, 15) is 14.7 Å². The quantitative estimate of drug-likeness (QED) is 0.507. The lowest BCUT2D eigenvalue weighted by molar-refractivity contribution is -0.136. The molecule has 0 spiro atoms. The number of aliphatic hydroxyl groups excluding tert-OH is 1. The highest BCUT2D eigenvalue weighted by Gasteiger charge is 2.27. The number of hydrogen-bond donors (Lipinski definition) is 2. The van der Waals surface area contributed by atoms with Crippen molar-refractivity contribution in [1.82, 2.24) is 0 Å². The first-order valence-electron chi connectivity index (χ1n) is 9.29. The van der Waals surface area contributed by atoms with Crippen LogP contribution >= 0.6 is 0 Å². The SMILES string of the molecule is CC/C=C\C/C=C\C[C@@H]1C(=O)C=C[C@@H]1/C=C/[C@H](O)C/C=C\CCC(=O)O. The zero-order valence-corrected chi connectivity index (χ0v) is 15.5. The Morgan fingerprint density at radius 3 is 2.69 bits per heavy atom. The van der Waals surface area contributed by atoms with Gasteiger partial charge < -0.3 is 10.2 Å². The van der Waals surface area contributed by atoms with Crippen molar-refractivity contribution >= 4 is 11.8 Å². The van der Waals surface area contributed by atoms with Gasteiger partial charge in [-0.3, -0.25) is 9.59 Å². The maximum Gasteiger partial charge on any atom is 0.303 e. The fourth-order valence-electron chi connectivity index (χ4n) is 2.70. The number of carboxylic acid groups (broad SMARTS) is 1. The molecule has 0 aromatic rings. The minimum absolute atomic E-state index is 0.0176. The molecule has 0 heterocycles. The smallest absolute Gasteiger partial charge is 0.303 e. The molecule has 1 aliphatic carbocycles. The van der Waals surface area contributed by atoms with Gasteiger partial charge >= 0.3 is 5.97 Å². The lowest BCUT2D eigenvalue weighted by Crippen LogP contribution is -2.14. The molecular weight excluding hydrogens is 328 g/mol. The van der Waals surface area contributed by atoms with E-state index in [2.05, 4.69) is 31.2 Å². The molecule has 2 N–H and O–H groups in total. The molecule has 0 radical (unpaired) electrons. The highest BCUT2D eigenvalue weighted by Crippen LogP contribution is 2.27. The normalized spacial score (nSPS) is 21.8. The van der Waals surface area contributed by atoms with Gasteiger partial charge in [0.15, 0.2) is 5.78 Å². The molecule has 0 aromatic carbocycles. The standard InChI is InChI=1S/C22H30O4/c1-2-3-4-5-6-9-12-20-18(15-17-21(20)24)14-16-19(23)11-8-7-10-13-22(25)26/h3-4,6-9,14-20,23H,2,5,10-13H2,1H3,(H,25,26)/b4-3-,8-7-,9-6-,16-14+/t18-,19+,20-/m0/s1. The Balaban J connectivity index is 2.41. The number of carbonyl (C=O) groups is 2. The third-order valence-corrected chi connectivity index (χ3v) is 4.17. The Bertz CT molecular complexity index is 581. The van der Waals surface area contributed by atoms with Crippen LogP contribution in [0.5, 0.6) is 0 Å². The molecule has 4 nitrogen and oxygen atoms in total. The number of hydrogen-bond acceptors (Lipinski definition) is 3. The van der Waals surface area contributed by atoms with Gasteiger partial charge in [0.05, 0.1) is 6.10 Å². The summed E-state index contributed by atoms with van der Waals surface area (Å²) in [5.41, 5.74) is 0. The third-order valence-electron chi connectivity index (χ3n) is 4.17. The molecule has 142 valence electrons. The Kier molecular flexibility index (Phi) is 11.0. The zero-order valence-electron chi connectivity index (χ0n) is 15.5. The molecule has 0 saturated carbocycles. The topological polar surface area (TPSA) is 74.6 Å². The largest absolute Gasteiger partial charge is 0.481 e. The second kappa shape index (κ2) is 13.1. The van der Waals surface area contributed by atoms with Gasteiger partial charge in [-0.25, -0.2) is 0 Å². The second-order valence-corrected chi connectivity index (χ2v) is 6.36. The maximum atomic E-state index is 12.0. The van der Waals surface area contributed by atoms with Crippen LogP contribution in [0.25, 0.3) is 0 Å². The molecule has 0 aromatic heterocycles. The minimum Gasteiger partial charge on any atom is -0.481 e. The summed E-state index contributed by atoms with van der Waals surface area (Å²) < 4.78 is 0. The van der Waals surface area contributed by atoms with Crippen LogP contribution in [0.1, 0.15) is 45.4 Å². The highest BCUT2D eigenvalue weighted by atomic mass is 16.4. The Morgan fingerprint density at radius 2 is 1.96 bits per heavy atom. The molecule has 3 atom stereocenters. The molecule has 0 fully saturated rings. The first-order valence-corrected chi connectivity index (χ1v) is 9.29. The Labute approximate surface area is 156 Å². The molecule has 0 aliphatic heterocycles. The number of carbonyl (C=O) groups excluding carboxylic acids is 1. The van der Waals surface area contributed by atoms with Crippen molar-refractivity contribution in [2.45, 2.75) is 51.6 Å². The number of aliphatic hydroxyl groups is 1. The van der Waals surface area contributed by atoms with Crippen LogP contribution in [-0.2, 0) is 9.59 Å². The fourth-order valence-corrected chi connectivity index (χ4v) is 2.70. The van der Waals surface area contributed by atoms with Crippen LogP contribution in [0.2, 0.25) is 0 Å². The molecule has 1 rings (SSSR count). The summed E-state index contributed by atoms with van der Waals surface area (Å²) in [4.78, 5) is 22.4. The van der Waals surface area contributed by atoms with Crippen LogP contribution in [0.3, 0.4) is 0 Å². The molecule has 0 saturated heterocycles. The molecule has 4 heteroatoms. The van der Waals surface area contributed by atoms with Crippen LogP contribution in [-0.4, -0.2) is 28.1 Å². The van der Waals surface area contributed by atoms with E-state index in [4.69, 9.17) is 5.11 Å². The third kappa shape index (κ3) is 9.33. The van der Waals surface area contributed by atoms with Gasteiger partial charge in [0.2, 0.25) is 0 Å². The van der Waals surface area contributed by atoms with E-state index in [1.807, 2.05) is 12.2 Å². The Morgan fingerprint density at radius 1 is 1.19 bits per heavy atom. The van der Waals surface area contributed by atoms with Gasteiger partial charge in [-0.05, 0) is 38.2 Å². The predicted molar refractivity (Wildman–Crippen MR) is 105 cm³/mol. The van der Waals surface area contributed by atoms with E-state index in [0.29, 0.717) is 19.3 Å². The van der Waals surface area contributed by atoms with Crippen molar-refractivity contribution in [3.63, 3.8) is 0 Å². The van der Waals surface area contributed by atoms with Crippen molar-refractivity contribution < 1.29 is 19.8 Å². The van der Waals surface area contributed by atoms with Gasteiger partial charge in [-0.1, -0.05) is 61.6 Å². The van der Waals surface area contributed by atoms with Gasteiger partial charge in [0, 0.05) is 18.3 Å². The summed E-state index contributed by atoms with van der Waals surface area (Å²) in [6, 6.07) is 0. The lowest BCUT2D eigenvalue weighted by atomic mass is 9.90. The summed E-state index contributed by atoms with van der Waals surface area (Å²) in [6.07, 6.45) is 22.0.